The molecule has 5 unspecified atom stereocenters. The lowest BCUT2D eigenvalue weighted by Crippen LogP contribution is -2.68. The summed E-state index contributed by atoms with van der Waals surface area (Å²) in [5.74, 6) is -1.00. The Bertz CT molecular complexity index is 895. The van der Waals surface area contributed by atoms with E-state index in [1.54, 1.807) is 0 Å². The van der Waals surface area contributed by atoms with Crippen LogP contribution in [0.2, 0.25) is 0 Å². The van der Waals surface area contributed by atoms with Crippen LogP contribution in [0.5, 0.6) is 0 Å². The zero-order valence-corrected chi connectivity index (χ0v) is 18.7. The summed E-state index contributed by atoms with van der Waals surface area (Å²) in [6.45, 7) is 6.07. The normalized spacial score (nSPS) is 55.7. The van der Waals surface area contributed by atoms with E-state index in [1.807, 2.05) is 6.92 Å². The smallest absolute Gasteiger partial charge is 0.306 e. The zero-order valence-electron chi connectivity index (χ0n) is 18.7. The predicted molar refractivity (Wildman–Crippen MR) is 110 cm³/mol. The third kappa shape index (κ3) is 2.29. The Morgan fingerprint density at radius 3 is 2.48 bits per heavy atom. The maximum absolute atomic E-state index is 12.7. The molecule has 5 rings (SSSR count). The number of Topliss-reactive ketones (excluding diaryl/α,β-unsaturated/α-hetero) is 1. The number of esters is 1. The third-order valence-electron chi connectivity index (χ3n) is 11.0. The molecule has 6 heteroatoms. The van der Waals surface area contributed by atoms with Crippen LogP contribution in [0.15, 0.2) is 0 Å². The first-order chi connectivity index (χ1) is 14.6. The van der Waals surface area contributed by atoms with E-state index >= 15 is 0 Å². The number of ketones is 1. The van der Waals surface area contributed by atoms with Crippen molar-refractivity contribution in [1.29, 1.82) is 5.26 Å². The summed E-state index contributed by atoms with van der Waals surface area (Å²) in [4.78, 5) is 37.2. The molecular weight excluding hydrogens is 394 g/mol. The number of aldehydes is 1. The van der Waals surface area contributed by atoms with Crippen LogP contribution in [-0.4, -0.2) is 34.9 Å². The number of nitrogens with zero attached hydrogens (tertiary/aromatic N) is 1. The molecule has 168 valence electrons. The Kier molecular flexibility index (Phi) is 4.36. The number of hydrogen-bond donors (Lipinski definition) is 1. The molecule has 0 amide bonds. The monoisotopic (exact) mass is 427 g/mol. The van der Waals surface area contributed by atoms with Crippen molar-refractivity contribution >= 4 is 18.0 Å². The minimum atomic E-state index is -0.931. The van der Waals surface area contributed by atoms with Crippen molar-refractivity contribution in [3.8, 4) is 6.07 Å². The van der Waals surface area contributed by atoms with E-state index in [4.69, 9.17) is 4.74 Å². The van der Waals surface area contributed by atoms with Crippen LogP contribution in [-0.2, 0) is 19.1 Å². The number of carbonyl (C=O) groups excluding carboxylic acids is 3. The van der Waals surface area contributed by atoms with Crippen LogP contribution >= 0.6 is 0 Å². The number of carbonyl (C=O) groups is 3. The lowest BCUT2D eigenvalue weighted by Gasteiger charge is -2.67. The van der Waals surface area contributed by atoms with Gasteiger partial charge in [0.05, 0.1) is 17.6 Å². The molecule has 0 aromatic rings. The molecule has 4 saturated carbocycles. The van der Waals surface area contributed by atoms with Gasteiger partial charge >= 0.3 is 5.97 Å². The number of nitriles is 1. The van der Waals surface area contributed by atoms with Crippen LogP contribution < -0.4 is 0 Å². The van der Waals surface area contributed by atoms with E-state index in [1.165, 1.54) is 0 Å². The Hall–Kier alpha value is -1.74. The highest BCUT2D eigenvalue weighted by atomic mass is 16.6. The molecule has 0 aromatic heterocycles. The van der Waals surface area contributed by atoms with Gasteiger partial charge in [-0.15, -0.1) is 0 Å². The molecule has 0 aromatic carbocycles. The Morgan fingerprint density at radius 1 is 1.13 bits per heavy atom. The topological polar surface area (TPSA) is 104 Å². The molecule has 5 fully saturated rings. The molecule has 1 heterocycles. The van der Waals surface area contributed by atoms with Gasteiger partial charge in [0.2, 0.25) is 0 Å². The lowest BCUT2D eigenvalue weighted by molar-refractivity contribution is -0.228. The second-order valence-corrected chi connectivity index (χ2v) is 11.6. The van der Waals surface area contributed by atoms with Gasteiger partial charge in [0.1, 0.15) is 17.7 Å². The first-order valence-corrected chi connectivity index (χ1v) is 11.9. The highest BCUT2D eigenvalue weighted by molar-refractivity contribution is 5.83. The van der Waals surface area contributed by atoms with Crippen LogP contribution in [0.4, 0.5) is 0 Å². The van der Waals surface area contributed by atoms with Gasteiger partial charge in [0.15, 0.2) is 0 Å². The summed E-state index contributed by atoms with van der Waals surface area (Å²) in [7, 11) is 0. The fourth-order valence-electron chi connectivity index (χ4n) is 9.35. The maximum atomic E-state index is 12.7. The predicted octanol–water partition coefficient (Wildman–Crippen LogP) is 3.21. The number of rotatable bonds is 1. The molecule has 6 nitrogen and oxygen atoms in total. The molecule has 1 aliphatic heterocycles. The van der Waals surface area contributed by atoms with Gasteiger partial charge in [0, 0.05) is 30.1 Å². The van der Waals surface area contributed by atoms with Crippen LogP contribution in [0.1, 0.15) is 72.1 Å². The van der Waals surface area contributed by atoms with Gasteiger partial charge in [-0.1, -0.05) is 20.8 Å². The molecule has 10 atom stereocenters. The number of aliphatic hydroxyl groups is 1. The molecule has 1 saturated heterocycles. The molecule has 0 bridgehead atoms. The SMILES string of the molecule is CC1C(=O)CC[C@]2(C)C3C(C4CC[C@@]5(CCC(=O)O5)[C@@]4(C)C[C@H]3O)[C@H](C=O)CC12C#N. The van der Waals surface area contributed by atoms with Gasteiger partial charge in [0.25, 0.3) is 0 Å². The minimum absolute atomic E-state index is 0.0585. The van der Waals surface area contributed by atoms with Crippen molar-refractivity contribution in [2.75, 3.05) is 0 Å². The highest BCUT2D eigenvalue weighted by Crippen LogP contribution is 2.73. The summed E-state index contributed by atoms with van der Waals surface area (Å²) in [5.41, 5.74) is -2.38. The van der Waals surface area contributed by atoms with E-state index < -0.39 is 28.5 Å². The van der Waals surface area contributed by atoms with E-state index in [0.29, 0.717) is 38.5 Å². The van der Waals surface area contributed by atoms with Crippen LogP contribution in [0.25, 0.3) is 0 Å². The van der Waals surface area contributed by atoms with E-state index in [9.17, 15) is 24.8 Å². The van der Waals surface area contributed by atoms with Gasteiger partial charge in [-0.05, 0) is 61.7 Å². The highest BCUT2D eigenvalue weighted by Gasteiger charge is 2.74. The molecule has 0 radical (unpaired) electrons. The summed E-state index contributed by atoms with van der Waals surface area (Å²) in [5, 5.41) is 22.1. The largest absolute Gasteiger partial charge is 0.458 e. The van der Waals surface area contributed by atoms with Crippen molar-refractivity contribution in [3.05, 3.63) is 0 Å². The molecule has 5 aliphatic rings. The number of fused-ring (bicyclic) bond motifs is 6. The average Bonchev–Trinajstić information content (AvgIpc) is 3.25. The van der Waals surface area contributed by atoms with Gasteiger partial charge < -0.3 is 14.6 Å². The van der Waals surface area contributed by atoms with Gasteiger partial charge in [-0.25, -0.2) is 0 Å². The van der Waals surface area contributed by atoms with Gasteiger partial charge in [-0.2, -0.15) is 5.26 Å². The number of aliphatic hydroxyl groups excluding tert-OH is 1. The molecule has 4 aliphatic carbocycles. The number of hydrogen-bond acceptors (Lipinski definition) is 6. The molecular formula is C25H33NO5. The van der Waals surface area contributed by atoms with Gasteiger partial charge in [-0.3, -0.25) is 9.59 Å². The Labute approximate surface area is 183 Å². The van der Waals surface area contributed by atoms with Crippen molar-refractivity contribution < 1.29 is 24.2 Å². The van der Waals surface area contributed by atoms with Crippen LogP contribution in [0, 0.1) is 57.2 Å². The van der Waals surface area contributed by atoms with E-state index in [0.717, 1.165) is 19.1 Å². The number of ether oxygens (including phenoxy) is 1. The quantitative estimate of drug-likeness (QED) is 0.509. The van der Waals surface area contributed by atoms with Crippen molar-refractivity contribution in [2.45, 2.75) is 83.8 Å². The van der Waals surface area contributed by atoms with Crippen molar-refractivity contribution in [1.82, 2.24) is 0 Å². The second kappa shape index (κ2) is 6.41. The molecule has 1 spiro atoms. The Balaban J connectivity index is 1.63. The van der Waals surface area contributed by atoms with Crippen LogP contribution in [0.3, 0.4) is 0 Å². The third-order valence-corrected chi connectivity index (χ3v) is 11.0. The minimum Gasteiger partial charge on any atom is -0.458 e. The average molecular weight is 428 g/mol. The molecule has 31 heavy (non-hydrogen) atoms. The molecule has 1 N–H and O–H groups in total. The summed E-state index contributed by atoms with van der Waals surface area (Å²) in [6, 6.07) is 2.52. The van der Waals surface area contributed by atoms with E-state index in [-0.39, 0.29) is 40.8 Å². The van der Waals surface area contributed by atoms with Crippen molar-refractivity contribution in [2.24, 2.45) is 45.8 Å². The maximum Gasteiger partial charge on any atom is 0.306 e. The summed E-state index contributed by atoms with van der Waals surface area (Å²) >= 11 is 0. The standard InChI is InChI=1S/C25H33NO5/c1-14-17(28)5-7-22(2)21-18(29)11-23(3)16(4-8-25(23)9-6-19(30)31-25)20(21)15(12-27)10-24(14,22)13-26/h12,14-16,18,20-21,29H,4-11H2,1-3H3/t14?,15-,16?,18+,20?,21?,22+,23-,24?,25+/m0/s1. The Morgan fingerprint density at radius 2 is 1.87 bits per heavy atom. The first-order valence-electron chi connectivity index (χ1n) is 11.9. The second-order valence-electron chi connectivity index (χ2n) is 11.6. The zero-order chi connectivity index (χ0) is 22.4. The lowest BCUT2D eigenvalue weighted by atomic mass is 9.36. The summed E-state index contributed by atoms with van der Waals surface area (Å²) in [6.07, 6.45) is 4.92. The fourth-order valence-corrected chi connectivity index (χ4v) is 9.35. The van der Waals surface area contributed by atoms with E-state index in [2.05, 4.69) is 19.9 Å². The fraction of sp³-hybridized carbons (Fsp3) is 0.840. The first kappa shape index (κ1) is 21.1. The van der Waals surface area contributed by atoms with Crippen molar-refractivity contribution in [3.63, 3.8) is 0 Å². The summed E-state index contributed by atoms with van der Waals surface area (Å²) < 4.78 is 5.95.